The highest BCUT2D eigenvalue weighted by Crippen LogP contribution is 2.26. The van der Waals surface area contributed by atoms with Crippen molar-refractivity contribution >= 4 is 5.82 Å². The molecule has 1 aromatic rings. The van der Waals surface area contributed by atoms with Crippen molar-refractivity contribution in [3.63, 3.8) is 0 Å². The van der Waals surface area contributed by atoms with Gasteiger partial charge in [-0.25, -0.2) is 9.97 Å². The molecule has 0 saturated carbocycles. The van der Waals surface area contributed by atoms with Gasteiger partial charge in [0.1, 0.15) is 11.9 Å². The molecule has 1 fully saturated rings. The van der Waals surface area contributed by atoms with Crippen molar-refractivity contribution in [2.24, 2.45) is 0 Å². The fourth-order valence-electron chi connectivity index (χ4n) is 1.69. The van der Waals surface area contributed by atoms with E-state index in [1.165, 1.54) is 0 Å². The second-order valence-electron chi connectivity index (χ2n) is 3.58. The normalized spacial score (nSPS) is 20.7. The molecular formula is C10H15N3O2. The van der Waals surface area contributed by atoms with Gasteiger partial charge in [-0.15, -0.1) is 0 Å². The summed E-state index contributed by atoms with van der Waals surface area (Å²) < 4.78 is 10.5. The molecule has 2 rings (SSSR count). The number of anilines is 1. The number of hydrogen-bond acceptors (Lipinski definition) is 5. The molecule has 1 aromatic heterocycles. The van der Waals surface area contributed by atoms with Crippen LogP contribution in [0.15, 0.2) is 6.07 Å². The summed E-state index contributed by atoms with van der Waals surface area (Å²) in [6.45, 7) is 1.23. The average molecular weight is 209 g/mol. The molecule has 5 heteroatoms. The predicted molar refractivity (Wildman–Crippen MR) is 55.1 cm³/mol. The van der Waals surface area contributed by atoms with Crippen LogP contribution in [-0.4, -0.2) is 23.7 Å². The van der Waals surface area contributed by atoms with Crippen molar-refractivity contribution in [2.45, 2.75) is 25.6 Å². The molecule has 0 amide bonds. The topological polar surface area (TPSA) is 70.3 Å². The van der Waals surface area contributed by atoms with Crippen LogP contribution in [0.1, 0.15) is 30.5 Å². The van der Waals surface area contributed by atoms with Crippen molar-refractivity contribution in [2.75, 3.05) is 19.5 Å². The summed E-state index contributed by atoms with van der Waals surface area (Å²) in [7, 11) is 1.63. The number of aromatic nitrogens is 2. The van der Waals surface area contributed by atoms with Gasteiger partial charge in [-0.3, -0.25) is 0 Å². The molecule has 1 aliphatic heterocycles. The van der Waals surface area contributed by atoms with E-state index >= 15 is 0 Å². The second kappa shape index (κ2) is 4.55. The van der Waals surface area contributed by atoms with Crippen LogP contribution in [0.5, 0.6) is 0 Å². The number of ether oxygens (including phenoxy) is 2. The first-order chi connectivity index (χ1) is 7.29. The largest absolute Gasteiger partial charge is 0.384 e. The summed E-state index contributed by atoms with van der Waals surface area (Å²) >= 11 is 0. The van der Waals surface area contributed by atoms with Gasteiger partial charge in [-0.2, -0.15) is 0 Å². The van der Waals surface area contributed by atoms with Crippen molar-refractivity contribution in [1.29, 1.82) is 0 Å². The summed E-state index contributed by atoms with van der Waals surface area (Å²) in [5, 5.41) is 0. The molecular weight excluding hydrogens is 194 g/mol. The van der Waals surface area contributed by atoms with E-state index < -0.39 is 0 Å². The van der Waals surface area contributed by atoms with E-state index in [2.05, 4.69) is 9.97 Å². The van der Waals surface area contributed by atoms with Gasteiger partial charge in [0, 0.05) is 19.8 Å². The Kier molecular flexibility index (Phi) is 3.13. The minimum absolute atomic E-state index is 0.00380. The van der Waals surface area contributed by atoms with Crippen LogP contribution in [0.25, 0.3) is 0 Å². The molecule has 1 atom stereocenters. The first-order valence-electron chi connectivity index (χ1n) is 5.03. The zero-order chi connectivity index (χ0) is 10.7. The molecule has 0 spiro atoms. The van der Waals surface area contributed by atoms with Gasteiger partial charge in [0.15, 0.2) is 5.82 Å². The quantitative estimate of drug-likeness (QED) is 0.805. The molecule has 15 heavy (non-hydrogen) atoms. The van der Waals surface area contributed by atoms with Crippen LogP contribution in [0.3, 0.4) is 0 Å². The first-order valence-corrected chi connectivity index (χ1v) is 5.03. The van der Waals surface area contributed by atoms with Crippen molar-refractivity contribution < 1.29 is 9.47 Å². The van der Waals surface area contributed by atoms with Crippen LogP contribution in [0.4, 0.5) is 5.82 Å². The minimum Gasteiger partial charge on any atom is -0.384 e. The van der Waals surface area contributed by atoms with Crippen LogP contribution in [0, 0.1) is 0 Å². The smallest absolute Gasteiger partial charge is 0.159 e. The Balaban J connectivity index is 2.22. The number of nitrogens with zero attached hydrogens (tertiary/aromatic N) is 2. The Morgan fingerprint density at radius 1 is 1.60 bits per heavy atom. The Morgan fingerprint density at radius 3 is 3.13 bits per heavy atom. The van der Waals surface area contributed by atoms with E-state index in [0.29, 0.717) is 18.2 Å². The SMILES string of the molecule is COCc1cc(N)nc(C2CCCO2)n1. The predicted octanol–water partition coefficient (Wildman–Crippen LogP) is 1.06. The van der Waals surface area contributed by atoms with Gasteiger partial charge < -0.3 is 15.2 Å². The summed E-state index contributed by atoms with van der Waals surface area (Å²) in [5.74, 6) is 1.15. The summed E-state index contributed by atoms with van der Waals surface area (Å²) in [6, 6.07) is 1.72. The van der Waals surface area contributed by atoms with Gasteiger partial charge in [-0.05, 0) is 12.8 Å². The third-order valence-corrected chi connectivity index (χ3v) is 2.33. The van der Waals surface area contributed by atoms with Crippen LogP contribution in [0.2, 0.25) is 0 Å². The Hall–Kier alpha value is -1.20. The summed E-state index contributed by atoms with van der Waals surface area (Å²) in [4.78, 5) is 8.55. The van der Waals surface area contributed by atoms with E-state index in [1.807, 2.05) is 0 Å². The molecule has 1 aliphatic rings. The van der Waals surface area contributed by atoms with E-state index in [0.717, 1.165) is 25.1 Å². The highest BCUT2D eigenvalue weighted by molar-refractivity contribution is 5.30. The van der Waals surface area contributed by atoms with Crippen LogP contribution in [-0.2, 0) is 16.1 Å². The molecule has 0 aliphatic carbocycles. The Morgan fingerprint density at radius 2 is 2.47 bits per heavy atom. The monoisotopic (exact) mass is 209 g/mol. The van der Waals surface area contributed by atoms with Crippen molar-refractivity contribution in [3.05, 3.63) is 17.6 Å². The Labute approximate surface area is 88.6 Å². The molecule has 82 valence electrons. The third-order valence-electron chi connectivity index (χ3n) is 2.33. The number of rotatable bonds is 3. The zero-order valence-corrected chi connectivity index (χ0v) is 8.77. The molecule has 0 bridgehead atoms. The van der Waals surface area contributed by atoms with Crippen LogP contribution < -0.4 is 5.73 Å². The molecule has 0 radical (unpaired) electrons. The molecule has 5 nitrogen and oxygen atoms in total. The lowest BCUT2D eigenvalue weighted by Crippen LogP contribution is -2.08. The highest BCUT2D eigenvalue weighted by atomic mass is 16.5. The number of methoxy groups -OCH3 is 1. The highest BCUT2D eigenvalue weighted by Gasteiger charge is 2.21. The van der Waals surface area contributed by atoms with Gasteiger partial charge in [0.2, 0.25) is 0 Å². The maximum atomic E-state index is 5.70. The van der Waals surface area contributed by atoms with Gasteiger partial charge in [0.25, 0.3) is 0 Å². The third kappa shape index (κ3) is 2.43. The van der Waals surface area contributed by atoms with E-state index in [9.17, 15) is 0 Å². The van der Waals surface area contributed by atoms with Gasteiger partial charge >= 0.3 is 0 Å². The number of nitrogen functional groups attached to an aromatic ring is 1. The lowest BCUT2D eigenvalue weighted by Gasteiger charge is -2.10. The second-order valence-corrected chi connectivity index (χ2v) is 3.58. The average Bonchev–Trinajstić information content (AvgIpc) is 2.70. The standard InChI is InChI=1S/C10H15N3O2/c1-14-6-7-5-9(11)13-10(12-7)8-3-2-4-15-8/h5,8H,2-4,6H2,1H3,(H2,11,12,13). The van der Waals surface area contributed by atoms with E-state index in [4.69, 9.17) is 15.2 Å². The molecule has 1 unspecified atom stereocenters. The zero-order valence-electron chi connectivity index (χ0n) is 8.77. The molecule has 2 N–H and O–H groups in total. The first kappa shape index (κ1) is 10.3. The van der Waals surface area contributed by atoms with Gasteiger partial charge in [-0.1, -0.05) is 0 Å². The fraction of sp³-hybridized carbons (Fsp3) is 0.600. The number of nitrogens with two attached hydrogens (primary N) is 1. The lowest BCUT2D eigenvalue weighted by molar-refractivity contribution is 0.104. The fourth-order valence-corrected chi connectivity index (χ4v) is 1.69. The maximum Gasteiger partial charge on any atom is 0.159 e. The molecule has 1 saturated heterocycles. The van der Waals surface area contributed by atoms with Gasteiger partial charge in [0.05, 0.1) is 12.3 Å². The minimum atomic E-state index is 0.00380. The summed E-state index contributed by atoms with van der Waals surface area (Å²) in [6.07, 6.45) is 2.03. The Bertz CT molecular complexity index is 337. The van der Waals surface area contributed by atoms with Crippen molar-refractivity contribution in [3.8, 4) is 0 Å². The van der Waals surface area contributed by atoms with E-state index in [1.54, 1.807) is 13.2 Å². The molecule has 2 heterocycles. The molecule has 0 aromatic carbocycles. The van der Waals surface area contributed by atoms with Crippen molar-refractivity contribution in [1.82, 2.24) is 9.97 Å². The summed E-state index contributed by atoms with van der Waals surface area (Å²) in [5.41, 5.74) is 6.50. The lowest BCUT2D eigenvalue weighted by atomic mass is 10.2. The van der Waals surface area contributed by atoms with Crippen LogP contribution >= 0.6 is 0 Å². The van der Waals surface area contributed by atoms with E-state index in [-0.39, 0.29) is 6.10 Å². The maximum absolute atomic E-state index is 5.70. The number of hydrogen-bond donors (Lipinski definition) is 1.